The number of nitrogens with one attached hydrogen (secondary N) is 1. The molecule has 138 valence electrons. The van der Waals surface area contributed by atoms with Crippen LogP contribution >= 0.6 is 11.3 Å². The van der Waals surface area contributed by atoms with Crippen molar-refractivity contribution < 1.29 is 4.74 Å². The molecule has 1 N–H and O–H groups in total. The summed E-state index contributed by atoms with van der Waals surface area (Å²) in [4.78, 5) is 11.0. The minimum Gasteiger partial charge on any atom is -0.383 e. The highest BCUT2D eigenvalue weighted by atomic mass is 32.1. The van der Waals surface area contributed by atoms with Crippen molar-refractivity contribution in [2.45, 2.75) is 40.4 Å². The average Bonchev–Trinajstić information content (AvgIpc) is 3.10. The first-order chi connectivity index (χ1) is 12.0. The lowest BCUT2D eigenvalue weighted by molar-refractivity contribution is 0.182. The van der Waals surface area contributed by atoms with E-state index in [4.69, 9.17) is 4.74 Å². The Morgan fingerprint density at radius 3 is 2.76 bits per heavy atom. The number of nitrogens with zero attached hydrogens (tertiary/aromatic N) is 5. The van der Waals surface area contributed by atoms with Gasteiger partial charge in [0.05, 0.1) is 36.1 Å². The van der Waals surface area contributed by atoms with E-state index in [-0.39, 0.29) is 0 Å². The van der Waals surface area contributed by atoms with Gasteiger partial charge in [-0.3, -0.25) is 9.67 Å². The number of ether oxygens (including phenoxy) is 1. The number of guanidine groups is 1. The van der Waals surface area contributed by atoms with Crippen LogP contribution in [0.5, 0.6) is 0 Å². The highest BCUT2D eigenvalue weighted by Crippen LogP contribution is 2.13. The second-order valence-electron chi connectivity index (χ2n) is 5.98. The maximum absolute atomic E-state index is 5.15. The molecule has 0 amide bonds. The van der Waals surface area contributed by atoms with Crippen LogP contribution in [0.15, 0.2) is 10.4 Å². The average molecular weight is 365 g/mol. The summed E-state index contributed by atoms with van der Waals surface area (Å²) < 4.78 is 7.15. The van der Waals surface area contributed by atoms with Crippen molar-refractivity contribution in [1.82, 2.24) is 25.0 Å². The summed E-state index contributed by atoms with van der Waals surface area (Å²) >= 11 is 1.67. The Labute approximate surface area is 153 Å². The van der Waals surface area contributed by atoms with Crippen LogP contribution in [-0.4, -0.2) is 53.4 Å². The van der Waals surface area contributed by atoms with E-state index < -0.39 is 0 Å². The number of hydrogen-bond acceptors (Lipinski definition) is 5. The molecule has 2 heterocycles. The molecule has 25 heavy (non-hydrogen) atoms. The summed E-state index contributed by atoms with van der Waals surface area (Å²) in [5.74, 6) is 0.842. The van der Waals surface area contributed by atoms with Gasteiger partial charge in [0.25, 0.3) is 0 Å². The number of aliphatic imine (C=N–C) groups is 1. The Kier molecular flexibility index (Phi) is 6.95. The van der Waals surface area contributed by atoms with Gasteiger partial charge in [0.1, 0.15) is 0 Å². The summed E-state index contributed by atoms with van der Waals surface area (Å²) in [6.45, 7) is 9.00. The molecule has 0 saturated carbocycles. The minimum atomic E-state index is 0.659. The molecular weight excluding hydrogens is 336 g/mol. The smallest absolute Gasteiger partial charge is 0.194 e. The first-order valence-corrected chi connectivity index (χ1v) is 9.18. The van der Waals surface area contributed by atoms with Gasteiger partial charge in [-0.05, 0) is 20.8 Å². The number of aromatic nitrogens is 3. The van der Waals surface area contributed by atoms with Crippen LogP contribution in [-0.2, 0) is 24.4 Å². The molecule has 0 bridgehead atoms. The maximum Gasteiger partial charge on any atom is 0.194 e. The standard InChI is InChI=1S/C17H28N6OS/c1-12-16(13(2)23(21-12)7-8-24-6)9-19-17(18-4)22(5)10-15-11-25-14(3)20-15/h11H,7-10H2,1-6H3,(H,18,19). The van der Waals surface area contributed by atoms with Crippen molar-refractivity contribution in [3.8, 4) is 0 Å². The molecule has 7 nitrogen and oxygen atoms in total. The van der Waals surface area contributed by atoms with Crippen molar-refractivity contribution in [2.75, 3.05) is 27.8 Å². The first kappa shape index (κ1) is 19.4. The molecule has 0 unspecified atom stereocenters. The lowest BCUT2D eigenvalue weighted by Gasteiger charge is -2.21. The topological polar surface area (TPSA) is 67.6 Å². The van der Waals surface area contributed by atoms with Crippen LogP contribution < -0.4 is 5.32 Å². The van der Waals surface area contributed by atoms with Crippen LogP contribution in [0.4, 0.5) is 0 Å². The Bertz CT molecular complexity index is 721. The molecule has 0 aromatic carbocycles. The quantitative estimate of drug-likeness (QED) is 0.602. The fourth-order valence-electron chi connectivity index (χ4n) is 2.74. The minimum absolute atomic E-state index is 0.659. The maximum atomic E-state index is 5.15. The van der Waals surface area contributed by atoms with Gasteiger partial charge in [-0.25, -0.2) is 4.98 Å². The molecule has 0 aliphatic carbocycles. The van der Waals surface area contributed by atoms with Crippen molar-refractivity contribution >= 4 is 17.3 Å². The molecule has 2 aromatic heterocycles. The van der Waals surface area contributed by atoms with E-state index in [0.717, 1.165) is 41.1 Å². The number of thiazole rings is 1. The van der Waals surface area contributed by atoms with Gasteiger partial charge in [0, 0.05) is 44.4 Å². The van der Waals surface area contributed by atoms with E-state index >= 15 is 0 Å². The van der Waals surface area contributed by atoms with E-state index in [1.54, 1.807) is 25.5 Å². The SMILES string of the molecule is CN=C(NCc1c(C)nn(CCOC)c1C)N(C)Cc1csc(C)n1. The third-order valence-corrected chi connectivity index (χ3v) is 4.92. The normalized spacial score (nSPS) is 11.8. The lowest BCUT2D eigenvalue weighted by Crippen LogP contribution is -2.38. The van der Waals surface area contributed by atoms with Crippen molar-refractivity contribution in [2.24, 2.45) is 4.99 Å². The van der Waals surface area contributed by atoms with E-state index in [2.05, 4.69) is 37.6 Å². The summed E-state index contributed by atoms with van der Waals surface area (Å²) in [7, 11) is 5.52. The third-order valence-electron chi connectivity index (χ3n) is 4.10. The first-order valence-electron chi connectivity index (χ1n) is 8.30. The van der Waals surface area contributed by atoms with Crippen molar-refractivity contribution in [1.29, 1.82) is 0 Å². The van der Waals surface area contributed by atoms with Crippen LogP contribution in [0.2, 0.25) is 0 Å². The lowest BCUT2D eigenvalue weighted by atomic mass is 10.2. The van der Waals surface area contributed by atoms with E-state index in [1.807, 2.05) is 25.6 Å². The van der Waals surface area contributed by atoms with Gasteiger partial charge in [-0.1, -0.05) is 0 Å². The van der Waals surface area contributed by atoms with Crippen molar-refractivity contribution in [3.63, 3.8) is 0 Å². The summed E-state index contributed by atoms with van der Waals surface area (Å²) in [5, 5.41) is 11.2. The molecular formula is C17H28N6OS. The van der Waals surface area contributed by atoms with Crippen LogP contribution in [0.25, 0.3) is 0 Å². The third kappa shape index (κ3) is 5.02. The number of hydrogen-bond donors (Lipinski definition) is 1. The predicted molar refractivity (Wildman–Crippen MR) is 102 cm³/mol. The van der Waals surface area contributed by atoms with Gasteiger partial charge >= 0.3 is 0 Å². The summed E-state index contributed by atoms with van der Waals surface area (Å²) in [6.07, 6.45) is 0. The van der Waals surface area contributed by atoms with Crippen LogP contribution in [0, 0.1) is 20.8 Å². The fraction of sp³-hybridized carbons (Fsp3) is 0.588. The fourth-order valence-corrected chi connectivity index (χ4v) is 3.34. The zero-order valence-electron chi connectivity index (χ0n) is 16.0. The molecule has 8 heteroatoms. The monoisotopic (exact) mass is 364 g/mol. The molecule has 0 atom stereocenters. The zero-order chi connectivity index (χ0) is 18.4. The molecule has 0 aliphatic heterocycles. The van der Waals surface area contributed by atoms with E-state index in [9.17, 15) is 0 Å². The molecule has 2 rings (SSSR count). The van der Waals surface area contributed by atoms with Gasteiger partial charge in [-0.2, -0.15) is 5.10 Å². The largest absolute Gasteiger partial charge is 0.383 e. The Hall–Kier alpha value is -1.93. The van der Waals surface area contributed by atoms with Crippen LogP contribution in [0.1, 0.15) is 27.7 Å². The van der Waals surface area contributed by atoms with E-state index in [1.165, 1.54) is 5.56 Å². The number of rotatable bonds is 7. The number of methoxy groups -OCH3 is 1. The predicted octanol–water partition coefficient (Wildman–Crippen LogP) is 2.12. The second-order valence-corrected chi connectivity index (χ2v) is 7.04. The molecule has 2 aromatic rings. The van der Waals surface area contributed by atoms with E-state index in [0.29, 0.717) is 13.2 Å². The second kappa shape index (κ2) is 8.96. The van der Waals surface area contributed by atoms with Crippen molar-refractivity contribution in [3.05, 3.63) is 33.0 Å². The Morgan fingerprint density at radius 1 is 1.40 bits per heavy atom. The molecule has 0 aliphatic rings. The summed E-state index contributed by atoms with van der Waals surface area (Å²) in [5.41, 5.74) is 4.47. The van der Waals surface area contributed by atoms with Gasteiger partial charge in [0.2, 0.25) is 0 Å². The number of aryl methyl sites for hydroxylation is 2. The molecule has 0 spiro atoms. The molecule has 0 fully saturated rings. The zero-order valence-corrected chi connectivity index (χ0v) is 16.8. The molecule has 0 radical (unpaired) electrons. The van der Waals surface area contributed by atoms with Crippen LogP contribution in [0.3, 0.4) is 0 Å². The molecule has 0 saturated heterocycles. The van der Waals surface area contributed by atoms with Gasteiger partial charge < -0.3 is 15.0 Å². The van der Waals surface area contributed by atoms with Gasteiger partial charge in [0.15, 0.2) is 5.96 Å². The Balaban J connectivity index is 1.99. The highest BCUT2D eigenvalue weighted by molar-refractivity contribution is 7.09. The Morgan fingerprint density at radius 2 is 2.16 bits per heavy atom. The van der Waals surface area contributed by atoms with Gasteiger partial charge in [-0.15, -0.1) is 11.3 Å². The highest BCUT2D eigenvalue weighted by Gasteiger charge is 2.14. The summed E-state index contributed by atoms with van der Waals surface area (Å²) in [6, 6.07) is 0.